The van der Waals surface area contributed by atoms with Crippen LogP contribution in [0.15, 0.2) is 53.6 Å². The van der Waals surface area contributed by atoms with Crippen LogP contribution in [0.2, 0.25) is 0 Å². The second-order valence-corrected chi connectivity index (χ2v) is 4.98. The Morgan fingerprint density at radius 3 is 2.48 bits per heavy atom. The van der Waals surface area contributed by atoms with E-state index in [-0.39, 0.29) is 11.3 Å². The zero-order valence-electron chi connectivity index (χ0n) is 12.9. The predicted octanol–water partition coefficient (Wildman–Crippen LogP) is 3.45. The summed E-state index contributed by atoms with van der Waals surface area (Å²) in [6, 6.07) is 13.9. The lowest BCUT2D eigenvalue weighted by Crippen LogP contribution is -2.20. The van der Waals surface area contributed by atoms with E-state index in [4.69, 9.17) is 0 Å². The highest BCUT2D eigenvalue weighted by Crippen LogP contribution is 2.19. The van der Waals surface area contributed by atoms with Crippen LogP contribution in [0.25, 0.3) is 0 Å². The van der Waals surface area contributed by atoms with Crippen LogP contribution in [-0.4, -0.2) is 16.5 Å². The highest BCUT2D eigenvalue weighted by atomic mass is 16.6. The van der Waals surface area contributed by atoms with Crippen LogP contribution in [0.5, 0.6) is 0 Å². The number of hydrogen-bond donors (Lipinski definition) is 1. The Morgan fingerprint density at radius 1 is 1.17 bits per heavy atom. The van der Waals surface area contributed by atoms with E-state index in [9.17, 15) is 14.9 Å². The number of rotatable bonds is 5. The maximum absolute atomic E-state index is 12.1. The highest BCUT2D eigenvalue weighted by Gasteiger charge is 2.14. The van der Waals surface area contributed by atoms with Crippen LogP contribution >= 0.6 is 0 Å². The maximum Gasteiger partial charge on any atom is 0.273 e. The minimum atomic E-state index is -0.503. The standard InChI is InChI=1S/C17H17N3O3/c1-3-15(13-7-5-4-6-8-13)18-19-17(21)14-10-9-12(2)16(11-14)20(22)23/h4-11H,3H2,1-2H3,(H,19,21). The van der Waals surface area contributed by atoms with Crippen LogP contribution in [0.3, 0.4) is 0 Å². The van der Waals surface area contributed by atoms with Gasteiger partial charge in [0.05, 0.1) is 10.6 Å². The van der Waals surface area contributed by atoms with Crippen molar-refractivity contribution in [2.24, 2.45) is 5.10 Å². The lowest BCUT2D eigenvalue weighted by molar-refractivity contribution is -0.385. The van der Waals surface area contributed by atoms with Crippen molar-refractivity contribution in [3.05, 3.63) is 75.3 Å². The smallest absolute Gasteiger partial charge is 0.267 e. The third-order valence-corrected chi connectivity index (χ3v) is 3.40. The summed E-state index contributed by atoms with van der Waals surface area (Å²) in [5, 5.41) is 15.1. The molecule has 23 heavy (non-hydrogen) atoms. The monoisotopic (exact) mass is 311 g/mol. The summed E-state index contributed by atoms with van der Waals surface area (Å²) in [5.74, 6) is -0.477. The molecule has 2 aromatic rings. The van der Waals surface area contributed by atoms with Gasteiger partial charge in [-0.2, -0.15) is 5.10 Å². The summed E-state index contributed by atoms with van der Waals surface area (Å²) in [6.45, 7) is 3.57. The van der Waals surface area contributed by atoms with Crippen LogP contribution in [0, 0.1) is 17.0 Å². The Bertz CT molecular complexity index is 755. The molecule has 0 saturated heterocycles. The quantitative estimate of drug-likeness (QED) is 0.521. The lowest BCUT2D eigenvalue weighted by Gasteiger charge is -2.06. The number of nitrogens with zero attached hydrogens (tertiary/aromatic N) is 2. The van der Waals surface area contributed by atoms with Gasteiger partial charge in [0.15, 0.2) is 0 Å². The Labute approximate surface area is 134 Å². The van der Waals surface area contributed by atoms with Gasteiger partial charge in [0.1, 0.15) is 0 Å². The number of hydrogen-bond acceptors (Lipinski definition) is 4. The summed E-state index contributed by atoms with van der Waals surface area (Å²) >= 11 is 0. The molecule has 0 unspecified atom stereocenters. The van der Waals surface area contributed by atoms with Gasteiger partial charge in [-0.05, 0) is 25.0 Å². The molecule has 2 aromatic carbocycles. The molecule has 0 aliphatic carbocycles. The lowest BCUT2D eigenvalue weighted by atomic mass is 10.1. The average Bonchev–Trinajstić information content (AvgIpc) is 2.56. The van der Waals surface area contributed by atoms with Gasteiger partial charge < -0.3 is 0 Å². The number of hydrazone groups is 1. The molecule has 0 aliphatic rings. The van der Waals surface area contributed by atoms with Gasteiger partial charge in [-0.3, -0.25) is 14.9 Å². The van der Waals surface area contributed by atoms with Gasteiger partial charge >= 0.3 is 0 Å². The number of nitrogens with one attached hydrogen (secondary N) is 1. The van der Waals surface area contributed by atoms with Crippen molar-refractivity contribution in [3.8, 4) is 0 Å². The summed E-state index contributed by atoms with van der Waals surface area (Å²) < 4.78 is 0. The largest absolute Gasteiger partial charge is 0.273 e. The molecule has 0 fully saturated rings. The number of benzene rings is 2. The molecule has 0 saturated carbocycles. The van der Waals surface area contributed by atoms with E-state index >= 15 is 0 Å². The summed E-state index contributed by atoms with van der Waals surface area (Å²) in [7, 11) is 0. The zero-order valence-corrected chi connectivity index (χ0v) is 12.9. The number of carbonyl (C=O) groups excluding carboxylic acids is 1. The summed E-state index contributed by atoms with van der Waals surface area (Å²) in [4.78, 5) is 22.6. The normalized spacial score (nSPS) is 11.1. The molecule has 1 N–H and O–H groups in total. The molecule has 2 rings (SSSR count). The van der Waals surface area contributed by atoms with Gasteiger partial charge in [0.25, 0.3) is 11.6 Å². The van der Waals surface area contributed by atoms with Crippen molar-refractivity contribution in [3.63, 3.8) is 0 Å². The van der Waals surface area contributed by atoms with E-state index in [1.54, 1.807) is 19.1 Å². The average molecular weight is 311 g/mol. The first-order valence-electron chi connectivity index (χ1n) is 7.20. The molecule has 118 valence electrons. The van der Waals surface area contributed by atoms with Gasteiger partial charge in [-0.1, -0.05) is 43.3 Å². The third kappa shape index (κ3) is 4.00. The minimum absolute atomic E-state index is 0.0830. The highest BCUT2D eigenvalue weighted by molar-refractivity contribution is 6.02. The second-order valence-electron chi connectivity index (χ2n) is 4.98. The van der Waals surface area contributed by atoms with Crippen molar-refractivity contribution in [1.82, 2.24) is 5.43 Å². The van der Waals surface area contributed by atoms with Gasteiger partial charge in [0, 0.05) is 17.2 Å². The maximum atomic E-state index is 12.1. The van der Waals surface area contributed by atoms with E-state index in [2.05, 4.69) is 10.5 Å². The van der Waals surface area contributed by atoms with Gasteiger partial charge in [-0.25, -0.2) is 5.43 Å². The fraction of sp³-hybridized carbons (Fsp3) is 0.176. The molecule has 1 amide bonds. The van der Waals surface area contributed by atoms with Gasteiger partial charge in [-0.15, -0.1) is 0 Å². The van der Waals surface area contributed by atoms with Crippen LogP contribution < -0.4 is 5.43 Å². The number of nitro benzene ring substituents is 1. The first-order chi connectivity index (χ1) is 11.0. The summed E-state index contributed by atoms with van der Waals surface area (Å²) in [6.07, 6.45) is 0.651. The third-order valence-electron chi connectivity index (χ3n) is 3.40. The number of nitro groups is 1. The van der Waals surface area contributed by atoms with Crippen molar-refractivity contribution in [1.29, 1.82) is 0 Å². The number of carbonyl (C=O) groups is 1. The molecule has 0 heterocycles. The van der Waals surface area contributed by atoms with E-state index in [0.29, 0.717) is 12.0 Å². The summed E-state index contributed by atoms with van der Waals surface area (Å²) in [5.41, 5.74) is 4.75. The molecule has 0 spiro atoms. The Hall–Kier alpha value is -3.02. The zero-order chi connectivity index (χ0) is 16.8. The van der Waals surface area contributed by atoms with E-state index in [1.807, 2.05) is 37.3 Å². The van der Waals surface area contributed by atoms with E-state index < -0.39 is 10.8 Å². The number of aryl methyl sites for hydroxylation is 1. The SMILES string of the molecule is CCC(=NNC(=O)c1ccc(C)c([N+](=O)[O-])c1)c1ccccc1. The first-order valence-corrected chi connectivity index (χ1v) is 7.20. The Kier molecular flexibility index (Phi) is 5.19. The first kappa shape index (κ1) is 16.4. The molecule has 0 radical (unpaired) electrons. The van der Waals surface area contributed by atoms with Crippen LogP contribution in [0.4, 0.5) is 5.69 Å². The van der Waals surface area contributed by atoms with Crippen molar-refractivity contribution in [2.45, 2.75) is 20.3 Å². The molecule has 6 heteroatoms. The van der Waals surface area contributed by atoms with Crippen molar-refractivity contribution < 1.29 is 9.72 Å². The molecule has 0 aromatic heterocycles. The Balaban J connectivity index is 2.20. The second kappa shape index (κ2) is 7.31. The van der Waals surface area contributed by atoms with E-state index in [0.717, 1.165) is 11.3 Å². The van der Waals surface area contributed by atoms with E-state index in [1.165, 1.54) is 6.07 Å². The molecule has 6 nitrogen and oxygen atoms in total. The molecule has 0 atom stereocenters. The molecule has 0 aliphatic heterocycles. The van der Waals surface area contributed by atoms with Crippen LogP contribution in [0.1, 0.15) is 34.8 Å². The Morgan fingerprint density at radius 2 is 1.87 bits per heavy atom. The van der Waals surface area contributed by atoms with Crippen molar-refractivity contribution >= 4 is 17.3 Å². The molecular formula is C17H17N3O3. The molecule has 0 bridgehead atoms. The topological polar surface area (TPSA) is 84.6 Å². The van der Waals surface area contributed by atoms with Crippen LogP contribution in [-0.2, 0) is 0 Å². The fourth-order valence-corrected chi connectivity index (χ4v) is 2.11. The number of amides is 1. The fourth-order valence-electron chi connectivity index (χ4n) is 2.11. The molecular weight excluding hydrogens is 294 g/mol. The predicted molar refractivity (Wildman–Crippen MR) is 88.6 cm³/mol. The van der Waals surface area contributed by atoms with Crippen molar-refractivity contribution in [2.75, 3.05) is 0 Å². The minimum Gasteiger partial charge on any atom is -0.267 e. The van der Waals surface area contributed by atoms with Gasteiger partial charge in [0.2, 0.25) is 0 Å².